The molecule has 0 unspecified atom stereocenters. The lowest BCUT2D eigenvalue weighted by molar-refractivity contribution is -0.311. The first-order valence-corrected chi connectivity index (χ1v) is 9.47. The second kappa shape index (κ2) is 10.5. The van der Waals surface area contributed by atoms with Gasteiger partial charge in [0.2, 0.25) is 0 Å². The van der Waals surface area contributed by atoms with Crippen LogP contribution in [0.4, 0.5) is 5.69 Å². The minimum atomic E-state index is -1.31. The lowest BCUT2D eigenvalue weighted by Crippen LogP contribution is -2.45. The Morgan fingerprint density at radius 3 is 2.70 bits per heavy atom. The molecule has 0 radical (unpaired) electrons. The van der Waals surface area contributed by atoms with Crippen LogP contribution < -0.4 is 10.4 Å². The molecule has 1 aromatic heterocycles. The minimum Gasteiger partial charge on any atom is -0.547 e. The van der Waals surface area contributed by atoms with Crippen molar-refractivity contribution in [3.05, 3.63) is 18.0 Å². The van der Waals surface area contributed by atoms with Gasteiger partial charge in [0.15, 0.2) is 5.75 Å². The third-order valence-corrected chi connectivity index (χ3v) is 5.04. The molecule has 1 aliphatic heterocycles. The number of hydrogen-bond donors (Lipinski definition) is 2. The van der Waals surface area contributed by atoms with Crippen molar-refractivity contribution in [2.24, 2.45) is 4.99 Å². The number of aromatic hydroxyl groups is 1. The molecule has 2 rings (SSSR count). The quantitative estimate of drug-likeness (QED) is 0.464. The van der Waals surface area contributed by atoms with Crippen LogP contribution >= 0.6 is 11.8 Å². The number of carboxylic acid groups (broad SMARTS) is 1. The molecule has 1 aromatic rings. The van der Waals surface area contributed by atoms with Gasteiger partial charge in [-0.15, -0.1) is 11.8 Å². The Balaban J connectivity index is 1.83. The number of carbonyl (C=O) groups is 1. The molecule has 0 bridgehead atoms. The number of nitrogens with one attached hydrogen (secondary N) is 1. The Kier molecular flexibility index (Phi) is 8.29. The molecule has 2 heterocycles. The zero-order valence-corrected chi connectivity index (χ0v) is 16.2. The molecular formula is C17H24N3O6S-. The van der Waals surface area contributed by atoms with Crippen LogP contribution in [-0.2, 0) is 19.0 Å². The van der Waals surface area contributed by atoms with Gasteiger partial charge in [-0.3, -0.25) is 4.99 Å². The van der Waals surface area contributed by atoms with E-state index in [1.807, 2.05) is 0 Å². The number of anilines is 1. The smallest absolute Gasteiger partial charge is 0.167 e. The predicted octanol–water partition coefficient (Wildman–Crippen LogP) is -0.119. The van der Waals surface area contributed by atoms with Crippen molar-refractivity contribution in [2.75, 3.05) is 57.8 Å². The Bertz CT molecular complexity index is 672. The van der Waals surface area contributed by atoms with Gasteiger partial charge in [-0.2, -0.15) is 0 Å². The van der Waals surface area contributed by atoms with Crippen LogP contribution in [0.15, 0.2) is 17.3 Å². The predicted molar refractivity (Wildman–Crippen MR) is 100 cm³/mol. The summed E-state index contributed by atoms with van der Waals surface area (Å²) in [5, 5.41) is 25.1. The maximum Gasteiger partial charge on any atom is 0.167 e. The first-order chi connectivity index (χ1) is 13.0. The van der Waals surface area contributed by atoms with Crippen molar-refractivity contribution in [3.8, 4) is 5.75 Å². The van der Waals surface area contributed by atoms with Crippen molar-refractivity contribution < 1.29 is 29.2 Å². The molecule has 0 saturated carbocycles. The van der Waals surface area contributed by atoms with Crippen LogP contribution in [0.5, 0.6) is 5.75 Å². The molecule has 1 aliphatic rings. The summed E-state index contributed by atoms with van der Waals surface area (Å²) in [6.45, 7) is 4.44. The number of rotatable bonds is 12. The summed E-state index contributed by atoms with van der Waals surface area (Å²) >= 11 is 1.23. The van der Waals surface area contributed by atoms with Crippen molar-refractivity contribution in [3.63, 3.8) is 0 Å². The summed E-state index contributed by atoms with van der Waals surface area (Å²) in [6.07, 6.45) is 1.53. The SMILES string of the molecule is COCCOCCOCCNc1ccnc(C2=N[C@@](C)(C(=O)[O-])CS2)c1O. The average Bonchev–Trinajstić information content (AvgIpc) is 3.05. The Morgan fingerprint density at radius 1 is 1.33 bits per heavy atom. The molecule has 0 fully saturated rings. The number of thioether (sulfide) groups is 1. The second-order valence-corrected chi connectivity index (χ2v) is 6.93. The summed E-state index contributed by atoms with van der Waals surface area (Å²) in [5.74, 6) is -1.08. The van der Waals surface area contributed by atoms with E-state index in [4.69, 9.17) is 14.2 Å². The van der Waals surface area contributed by atoms with Gasteiger partial charge >= 0.3 is 0 Å². The van der Waals surface area contributed by atoms with Crippen LogP contribution in [0, 0.1) is 0 Å². The molecule has 0 saturated heterocycles. The number of carboxylic acids is 1. The number of carbonyl (C=O) groups excluding carboxylic acids is 1. The highest BCUT2D eigenvalue weighted by Crippen LogP contribution is 2.35. The van der Waals surface area contributed by atoms with E-state index in [1.54, 1.807) is 13.2 Å². The van der Waals surface area contributed by atoms with Crippen LogP contribution in [0.3, 0.4) is 0 Å². The van der Waals surface area contributed by atoms with Gasteiger partial charge in [-0.25, -0.2) is 4.98 Å². The number of nitrogens with zero attached hydrogens (tertiary/aromatic N) is 2. The van der Waals surface area contributed by atoms with E-state index in [0.29, 0.717) is 50.3 Å². The molecule has 0 aliphatic carbocycles. The van der Waals surface area contributed by atoms with Gasteiger partial charge in [-0.1, -0.05) is 0 Å². The molecule has 10 heteroatoms. The van der Waals surface area contributed by atoms with Crippen molar-refractivity contribution in [1.29, 1.82) is 0 Å². The molecule has 9 nitrogen and oxygen atoms in total. The van der Waals surface area contributed by atoms with Crippen LogP contribution in [-0.4, -0.2) is 79.1 Å². The molecule has 0 aromatic carbocycles. The normalized spacial score (nSPS) is 19.1. The molecule has 2 N–H and O–H groups in total. The average molecular weight is 398 g/mol. The van der Waals surface area contributed by atoms with Crippen LogP contribution in [0.2, 0.25) is 0 Å². The highest BCUT2D eigenvalue weighted by Gasteiger charge is 2.34. The number of ether oxygens (including phenoxy) is 3. The Labute approximate surface area is 162 Å². The first-order valence-electron chi connectivity index (χ1n) is 8.48. The fourth-order valence-corrected chi connectivity index (χ4v) is 3.35. The summed E-state index contributed by atoms with van der Waals surface area (Å²) in [7, 11) is 1.62. The van der Waals surface area contributed by atoms with Gasteiger partial charge in [0.05, 0.1) is 44.7 Å². The van der Waals surface area contributed by atoms with Gasteiger partial charge in [0.1, 0.15) is 16.3 Å². The highest BCUT2D eigenvalue weighted by atomic mass is 32.2. The zero-order chi connectivity index (χ0) is 19.7. The fraction of sp³-hybridized carbons (Fsp3) is 0.588. The number of hydrogen-bond acceptors (Lipinski definition) is 10. The maximum atomic E-state index is 11.2. The van der Waals surface area contributed by atoms with Crippen molar-refractivity contribution in [2.45, 2.75) is 12.5 Å². The summed E-state index contributed by atoms with van der Waals surface area (Å²) in [5.41, 5.74) is -0.579. The summed E-state index contributed by atoms with van der Waals surface area (Å²) in [4.78, 5) is 19.5. The Hall–Kier alpha value is -1.88. The van der Waals surface area contributed by atoms with E-state index in [0.717, 1.165) is 0 Å². The van der Waals surface area contributed by atoms with Gasteiger partial charge < -0.3 is 34.5 Å². The molecule has 0 spiro atoms. The van der Waals surface area contributed by atoms with E-state index in [-0.39, 0.29) is 17.2 Å². The summed E-state index contributed by atoms with van der Waals surface area (Å²) in [6, 6.07) is 1.63. The minimum absolute atomic E-state index is 0.0748. The maximum absolute atomic E-state index is 11.2. The van der Waals surface area contributed by atoms with Crippen LogP contribution in [0.25, 0.3) is 0 Å². The van der Waals surface area contributed by atoms with Crippen molar-refractivity contribution in [1.82, 2.24) is 4.98 Å². The monoisotopic (exact) mass is 398 g/mol. The third-order valence-electron chi connectivity index (χ3n) is 3.77. The van der Waals surface area contributed by atoms with Crippen LogP contribution in [0.1, 0.15) is 12.6 Å². The number of aliphatic imine (C=N–C) groups is 1. The van der Waals surface area contributed by atoms with Gasteiger partial charge in [0, 0.05) is 25.6 Å². The van der Waals surface area contributed by atoms with E-state index >= 15 is 0 Å². The number of methoxy groups -OCH3 is 1. The highest BCUT2D eigenvalue weighted by molar-refractivity contribution is 8.14. The van der Waals surface area contributed by atoms with E-state index in [9.17, 15) is 15.0 Å². The van der Waals surface area contributed by atoms with Gasteiger partial charge in [-0.05, 0) is 13.0 Å². The standard InChI is InChI=1S/C17H25N3O6S/c1-17(16(22)23)11-27-15(20-17)13-14(21)12(3-4-19-13)18-5-6-25-9-10-26-8-7-24-2/h3-4,21H,5-11H2,1-2H3,(H,18,19)(H,22,23)/p-1/t17-/m1/s1. The lowest BCUT2D eigenvalue weighted by Gasteiger charge is -2.19. The second-order valence-electron chi connectivity index (χ2n) is 5.97. The fourth-order valence-electron chi connectivity index (χ4n) is 2.20. The third kappa shape index (κ3) is 6.06. The zero-order valence-electron chi connectivity index (χ0n) is 15.4. The summed E-state index contributed by atoms with van der Waals surface area (Å²) < 4.78 is 15.6. The van der Waals surface area contributed by atoms with E-state index < -0.39 is 11.5 Å². The number of aliphatic carboxylic acids is 1. The number of aromatic nitrogens is 1. The van der Waals surface area contributed by atoms with E-state index in [2.05, 4.69) is 15.3 Å². The number of pyridine rings is 1. The van der Waals surface area contributed by atoms with Gasteiger partial charge in [0.25, 0.3) is 0 Å². The molecule has 27 heavy (non-hydrogen) atoms. The van der Waals surface area contributed by atoms with Crippen molar-refractivity contribution >= 4 is 28.5 Å². The van der Waals surface area contributed by atoms with E-state index in [1.165, 1.54) is 24.9 Å². The largest absolute Gasteiger partial charge is 0.547 e. The Morgan fingerprint density at radius 2 is 2.04 bits per heavy atom. The topological polar surface area (TPSA) is 125 Å². The molecule has 0 amide bonds. The lowest BCUT2D eigenvalue weighted by atomic mass is 10.1. The molecular weight excluding hydrogens is 374 g/mol. The molecule has 150 valence electrons. The molecule has 1 atom stereocenters. The first kappa shape index (κ1) is 21.4.